The molecule has 3 heterocycles. The number of nitrogens with zero attached hydrogens (tertiary/aromatic N) is 1. The zero-order valence-electron chi connectivity index (χ0n) is 14.7. The van der Waals surface area contributed by atoms with Crippen LogP contribution in [0.25, 0.3) is 0 Å². The Balaban J connectivity index is 0.00000168. The highest BCUT2D eigenvalue weighted by molar-refractivity contribution is 7.99. The number of rotatable bonds is 3. The monoisotopic (exact) mass is 395 g/mol. The van der Waals surface area contributed by atoms with Crippen LogP contribution in [-0.4, -0.2) is 50.9 Å². The van der Waals surface area contributed by atoms with Crippen molar-refractivity contribution < 1.29 is 14.9 Å². The standard InChI is InChI=1S/C20H25NO3S.ClH/c22-16-6-2-1-5-13(16)12-25-17-9-14-10-19(23)24-20(14)11-15(17)21-8-4-3-7-18(20)21;/h1-2,5-6,10,15,17-19,22-23H,3-4,7-9,11-12H2;1H/t15-,17?,18+,19?,20-;/m0./s1. The van der Waals surface area contributed by atoms with Gasteiger partial charge in [0.25, 0.3) is 0 Å². The van der Waals surface area contributed by atoms with E-state index in [1.165, 1.54) is 24.8 Å². The Hall–Kier alpha value is -0.720. The summed E-state index contributed by atoms with van der Waals surface area (Å²) in [5.41, 5.74) is 2.10. The van der Waals surface area contributed by atoms with Gasteiger partial charge in [-0.25, -0.2) is 0 Å². The van der Waals surface area contributed by atoms with Crippen molar-refractivity contribution in [3.05, 3.63) is 41.5 Å². The van der Waals surface area contributed by atoms with Crippen molar-refractivity contribution in [1.82, 2.24) is 4.90 Å². The fraction of sp³-hybridized carbons (Fsp3) is 0.600. The maximum absolute atomic E-state index is 10.1. The molecule has 0 radical (unpaired) electrons. The fourth-order valence-electron chi connectivity index (χ4n) is 5.46. The fourth-order valence-corrected chi connectivity index (χ4v) is 6.87. The number of para-hydroxylation sites is 1. The van der Waals surface area contributed by atoms with Gasteiger partial charge in [0.05, 0.1) is 0 Å². The quantitative estimate of drug-likeness (QED) is 0.767. The number of halogens is 1. The van der Waals surface area contributed by atoms with Gasteiger partial charge < -0.3 is 14.9 Å². The number of aromatic hydroxyl groups is 1. The summed E-state index contributed by atoms with van der Waals surface area (Å²) in [5.74, 6) is 1.22. The number of aliphatic hydroxyl groups excluding tert-OH is 1. The van der Waals surface area contributed by atoms with E-state index in [1.807, 2.05) is 36.0 Å². The topological polar surface area (TPSA) is 52.9 Å². The molecule has 2 N–H and O–H groups in total. The van der Waals surface area contributed by atoms with Gasteiger partial charge in [-0.2, -0.15) is 11.8 Å². The number of ether oxygens (including phenoxy) is 1. The molecular weight excluding hydrogens is 370 g/mol. The predicted octanol–water partition coefficient (Wildman–Crippen LogP) is 3.46. The summed E-state index contributed by atoms with van der Waals surface area (Å²) in [5, 5.41) is 20.7. The van der Waals surface area contributed by atoms with Crippen molar-refractivity contribution in [2.24, 2.45) is 0 Å². The van der Waals surface area contributed by atoms with Gasteiger partial charge in [-0.05, 0) is 49.9 Å². The molecule has 4 nitrogen and oxygen atoms in total. The molecule has 3 aliphatic heterocycles. The lowest BCUT2D eigenvalue weighted by molar-refractivity contribution is -0.139. The first-order valence-corrected chi connectivity index (χ1v) is 10.4. The van der Waals surface area contributed by atoms with Gasteiger partial charge in [-0.1, -0.05) is 24.6 Å². The SMILES string of the molecule is Cl.Oc1ccccc1CSC1CC2=CC(O)O[C@@]23C[C@@H]1N1CCCC[C@@H]13. The van der Waals surface area contributed by atoms with Crippen molar-refractivity contribution in [3.63, 3.8) is 0 Å². The molecule has 3 fully saturated rings. The summed E-state index contributed by atoms with van der Waals surface area (Å²) in [6.45, 7) is 1.15. The van der Waals surface area contributed by atoms with E-state index in [1.54, 1.807) is 6.07 Å². The van der Waals surface area contributed by atoms with Crippen molar-refractivity contribution in [2.45, 2.75) is 67.1 Å². The van der Waals surface area contributed by atoms with Crippen LogP contribution < -0.4 is 0 Å². The highest BCUT2D eigenvalue weighted by atomic mass is 35.5. The zero-order chi connectivity index (χ0) is 17.0. The summed E-state index contributed by atoms with van der Waals surface area (Å²) in [4.78, 5) is 2.67. The van der Waals surface area contributed by atoms with Crippen LogP contribution in [0.15, 0.2) is 35.9 Å². The van der Waals surface area contributed by atoms with E-state index in [2.05, 4.69) is 4.90 Å². The molecule has 5 atom stereocenters. The van der Waals surface area contributed by atoms with Gasteiger partial charge in [-0.3, -0.25) is 4.90 Å². The molecule has 26 heavy (non-hydrogen) atoms. The average Bonchev–Trinajstić information content (AvgIpc) is 3.10. The minimum Gasteiger partial charge on any atom is -0.508 e. The van der Waals surface area contributed by atoms with Crippen molar-refractivity contribution >= 4 is 24.2 Å². The second-order valence-corrected chi connectivity index (χ2v) is 9.02. The Morgan fingerprint density at radius 3 is 2.96 bits per heavy atom. The highest BCUT2D eigenvalue weighted by Gasteiger charge is 2.62. The molecule has 6 heteroatoms. The predicted molar refractivity (Wildman–Crippen MR) is 106 cm³/mol. The molecule has 1 aliphatic carbocycles. The second-order valence-electron chi connectivity index (χ2n) is 7.79. The first-order chi connectivity index (χ1) is 12.2. The summed E-state index contributed by atoms with van der Waals surface area (Å²) in [6, 6.07) is 8.59. The van der Waals surface area contributed by atoms with E-state index in [0.717, 1.165) is 30.7 Å². The molecule has 142 valence electrons. The molecule has 2 unspecified atom stereocenters. The Labute approximate surface area is 165 Å². The van der Waals surface area contributed by atoms with E-state index in [-0.39, 0.29) is 18.0 Å². The number of aliphatic hydroxyl groups is 1. The largest absolute Gasteiger partial charge is 0.508 e. The number of thioether (sulfide) groups is 1. The number of phenolic OH excluding ortho intramolecular Hbond substituents is 1. The zero-order valence-corrected chi connectivity index (χ0v) is 16.3. The second kappa shape index (κ2) is 7.02. The van der Waals surface area contributed by atoms with Gasteiger partial charge in [0, 0.05) is 28.6 Å². The van der Waals surface area contributed by atoms with Gasteiger partial charge in [0.2, 0.25) is 0 Å². The lowest BCUT2D eigenvalue weighted by atomic mass is 9.77. The summed E-state index contributed by atoms with van der Waals surface area (Å²) < 4.78 is 6.12. The van der Waals surface area contributed by atoms with E-state index in [9.17, 15) is 10.2 Å². The number of piperidine rings is 1. The van der Waals surface area contributed by atoms with E-state index in [4.69, 9.17) is 4.74 Å². The molecule has 5 rings (SSSR count). The van der Waals surface area contributed by atoms with Crippen LogP contribution in [-0.2, 0) is 10.5 Å². The summed E-state index contributed by atoms with van der Waals surface area (Å²) in [6.07, 6.45) is 6.93. The summed E-state index contributed by atoms with van der Waals surface area (Å²) >= 11 is 1.95. The van der Waals surface area contributed by atoms with Gasteiger partial charge in [-0.15, -0.1) is 12.4 Å². The molecule has 1 spiro atoms. The van der Waals surface area contributed by atoms with Crippen LogP contribution in [0.2, 0.25) is 0 Å². The molecule has 1 aromatic rings. The van der Waals surface area contributed by atoms with Crippen LogP contribution >= 0.6 is 24.2 Å². The average molecular weight is 396 g/mol. The van der Waals surface area contributed by atoms with Crippen LogP contribution in [0.5, 0.6) is 5.75 Å². The molecule has 1 saturated carbocycles. The third-order valence-electron chi connectivity index (χ3n) is 6.53. The smallest absolute Gasteiger partial charge is 0.175 e. The number of hydrogen-bond donors (Lipinski definition) is 2. The minimum absolute atomic E-state index is 0. The molecule has 2 saturated heterocycles. The van der Waals surface area contributed by atoms with Crippen molar-refractivity contribution in [1.29, 1.82) is 0 Å². The van der Waals surface area contributed by atoms with E-state index >= 15 is 0 Å². The molecule has 0 aromatic heterocycles. The highest BCUT2D eigenvalue weighted by Crippen LogP contribution is 2.56. The number of phenols is 1. The van der Waals surface area contributed by atoms with Crippen LogP contribution in [0.4, 0.5) is 0 Å². The van der Waals surface area contributed by atoms with Crippen LogP contribution in [0, 0.1) is 0 Å². The lowest BCUT2D eigenvalue weighted by Gasteiger charge is -2.38. The van der Waals surface area contributed by atoms with E-state index < -0.39 is 6.29 Å². The third kappa shape index (κ3) is 2.80. The maximum atomic E-state index is 10.1. The molecule has 4 aliphatic rings. The van der Waals surface area contributed by atoms with E-state index in [0.29, 0.717) is 23.1 Å². The number of hydrogen-bond acceptors (Lipinski definition) is 5. The van der Waals surface area contributed by atoms with Crippen LogP contribution in [0.1, 0.15) is 37.7 Å². The first-order valence-electron chi connectivity index (χ1n) is 9.39. The van der Waals surface area contributed by atoms with Gasteiger partial charge in [0.15, 0.2) is 6.29 Å². The minimum atomic E-state index is -0.737. The van der Waals surface area contributed by atoms with Crippen molar-refractivity contribution in [3.8, 4) is 5.75 Å². The maximum Gasteiger partial charge on any atom is 0.175 e. The van der Waals surface area contributed by atoms with Gasteiger partial charge in [0.1, 0.15) is 11.4 Å². The molecular formula is C20H26ClNO3S. The number of benzene rings is 1. The van der Waals surface area contributed by atoms with Gasteiger partial charge >= 0.3 is 0 Å². The third-order valence-corrected chi connectivity index (χ3v) is 7.92. The Bertz CT molecular complexity index is 714. The lowest BCUT2D eigenvalue weighted by Crippen LogP contribution is -2.48. The van der Waals surface area contributed by atoms with Crippen molar-refractivity contribution in [2.75, 3.05) is 6.54 Å². The number of fused-ring (bicyclic) bond motifs is 3. The molecule has 1 aromatic carbocycles. The Kier molecular flexibility index (Phi) is 5.03. The molecule has 2 bridgehead atoms. The normalized spacial score (nSPS) is 38.3. The Morgan fingerprint density at radius 2 is 2.12 bits per heavy atom. The molecule has 0 amide bonds. The Morgan fingerprint density at radius 1 is 1.27 bits per heavy atom. The van der Waals surface area contributed by atoms with Crippen LogP contribution in [0.3, 0.4) is 0 Å². The first kappa shape index (κ1) is 18.6. The summed E-state index contributed by atoms with van der Waals surface area (Å²) in [7, 11) is 0.